The zero-order chi connectivity index (χ0) is 86.6. The van der Waals surface area contributed by atoms with Gasteiger partial charge in [-0.2, -0.15) is 0 Å². The van der Waals surface area contributed by atoms with E-state index in [2.05, 4.69) is 83.4 Å². The second-order valence-electron chi connectivity index (χ2n) is 32.0. The zero-order valence-electron chi connectivity index (χ0n) is 68.4. The third kappa shape index (κ3) is 22.0. The summed E-state index contributed by atoms with van der Waals surface area (Å²) >= 11 is 0. The van der Waals surface area contributed by atoms with Crippen molar-refractivity contribution in [2.75, 3.05) is 39.3 Å². The molecular weight excluding hydrogens is 1570 g/mol. The summed E-state index contributed by atoms with van der Waals surface area (Å²) in [6, 6.07) is 23.7. The molecule has 0 saturated carbocycles. The highest BCUT2D eigenvalue weighted by molar-refractivity contribution is 6.02. The van der Waals surface area contributed by atoms with E-state index in [4.69, 9.17) is 33.8 Å². The number of rotatable bonds is 41. The number of unbranched alkanes of at least 4 members (excludes halogenated alkanes) is 1. The maximum Gasteiger partial charge on any atom is 0.246 e. The molecule has 11 amide bonds. The first-order chi connectivity index (χ1) is 59.5. The number of aromatic nitrogens is 5. The summed E-state index contributed by atoms with van der Waals surface area (Å²) in [4.78, 5) is 184. The Kier molecular flexibility index (Phi) is 29.2. The van der Waals surface area contributed by atoms with Crippen LogP contribution in [0.5, 0.6) is 0 Å². The number of H-pyrrole nitrogens is 5. The Bertz CT molecular complexity index is 5490. The smallest absolute Gasteiger partial charge is 0.246 e. The average Bonchev–Trinajstić information content (AvgIpc) is 1.70. The lowest BCUT2D eigenvalue weighted by molar-refractivity contribution is -0.143. The minimum atomic E-state index is -1.44. The van der Waals surface area contributed by atoms with E-state index in [1.165, 1.54) is 9.80 Å². The number of nitrogens with one attached hydrogen (secondary N) is 18. The van der Waals surface area contributed by atoms with E-state index in [1.807, 2.05) is 121 Å². The summed E-state index contributed by atoms with van der Waals surface area (Å²) < 4.78 is 0. The molecule has 0 aliphatic carbocycles. The van der Waals surface area contributed by atoms with Gasteiger partial charge in [0.05, 0.1) is 6.04 Å². The molecule has 648 valence electrons. The molecule has 0 bridgehead atoms. The minimum Gasteiger partial charge on any atom is -0.370 e. The van der Waals surface area contributed by atoms with Gasteiger partial charge in [0.2, 0.25) is 65.0 Å². The van der Waals surface area contributed by atoms with Crippen LogP contribution in [0.25, 0.3) is 54.5 Å². The van der Waals surface area contributed by atoms with E-state index in [1.54, 1.807) is 31.0 Å². The van der Waals surface area contributed by atoms with Gasteiger partial charge in [0.25, 0.3) is 0 Å². The van der Waals surface area contributed by atoms with Gasteiger partial charge in [-0.25, -0.2) is 0 Å². The maximum absolute atomic E-state index is 16.0. The predicted octanol–water partition coefficient (Wildman–Crippen LogP) is 2.36. The molecule has 0 radical (unpaired) electrons. The molecule has 5 aromatic heterocycles. The second-order valence-corrected chi connectivity index (χ2v) is 32.0. The lowest BCUT2D eigenvalue weighted by Crippen LogP contribution is -2.61. The Morgan fingerprint density at radius 1 is 0.366 bits per heavy atom. The fourth-order valence-corrected chi connectivity index (χ4v) is 17.1. The van der Waals surface area contributed by atoms with Crippen LogP contribution >= 0.6 is 0 Å². The van der Waals surface area contributed by atoms with Crippen LogP contribution in [0.2, 0.25) is 0 Å². The molecule has 0 spiro atoms. The number of hydrogen-bond acceptors (Lipinski definition) is 15. The highest BCUT2D eigenvalue weighted by atomic mass is 16.2. The van der Waals surface area contributed by atoms with Gasteiger partial charge in [0.15, 0.2) is 11.9 Å². The van der Waals surface area contributed by atoms with Gasteiger partial charge in [-0.05, 0) is 155 Å². The lowest BCUT2D eigenvalue weighted by atomic mass is 10.00. The number of fused-ring (bicyclic) bond motifs is 5. The van der Waals surface area contributed by atoms with Gasteiger partial charge in [0.1, 0.15) is 60.4 Å². The number of likely N-dealkylation sites (tertiary alicyclic amines) is 2. The molecule has 123 heavy (non-hydrogen) atoms. The van der Waals surface area contributed by atoms with Gasteiger partial charge >= 0.3 is 0 Å². The number of benzene rings is 5. The standard InChI is InChI=1S/C88H110N24O11/c89-34-12-11-28-67(104-80(117)69(106-77(114)66-30-14-35-95-66)40-50-45-98-60-23-6-1-18-55(50)60)79(116)109-72(43-53-48-101-63-26-9-4-21-58(53)63)85(122)111-38-16-33-75(111)84(121)108-71(42-52-47-100-62-25-8-3-20-57(52)62)82(119)110-73(44-54-49-102-64-27-10-5-22-59(54)64)86(123)112-39-17-32-74(112)83(120)107-70(41-51-46-99-61-24-7-2-19-56(51)61)81(118)105-68(31-15-37-97-88(93)94)78(115)103-65(76(90)113)29-13-36-96-87(91)92/h1-10,18-27,45-49,65-75,95,98-102H,11-17,28-44,89H2,(H2,90,113)(H,103,115)(H,104,117)(H,105,118)(H,106,114)(H,107,120)(H,108,121)(H,109,116)(H,110,119)(H4,91,92,96)(H4,93,94,97)/t65-,66-,67-,68-,69-,70-,71-,72-,73-,74-,75-/m0/s1. The van der Waals surface area contributed by atoms with Crippen molar-refractivity contribution in [3.05, 3.63) is 180 Å². The summed E-state index contributed by atoms with van der Waals surface area (Å²) in [6.07, 6.45) is 12.1. The number of carbonyl (C=O) groups excluding carboxylic acids is 11. The molecule has 0 unspecified atom stereocenters. The predicted molar refractivity (Wildman–Crippen MR) is 466 cm³/mol. The molecule has 3 aliphatic heterocycles. The van der Waals surface area contributed by atoms with Gasteiger partial charge in [-0.1, -0.05) is 91.0 Å². The van der Waals surface area contributed by atoms with Crippen LogP contribution in [0.3, 0.4) is 0 Å². The normalized spacial score (nSPS) is 17.1. The first-order valence-electron chi connectivity index (χ1n) is 42.2. The third-order valence-corrected chi connectivity index (χ3v) is 23.5. The van der Waals surface area contributed by atoms with Crippen LogP contribution in [0.15, 0.2) is 152 Å². The first kappa shape index (κ1) is 87.3. The second kappa shape index (κ2) is 41.1. The van der Waals surface area contributed by atoms with Crippen molar-refractivity contribution in [2.45, 2.75) is 182 Å². The van der Waals surface area contributed by atoms with E-state index in [-0.39, 0.29) is 121 Å². The van der Waals surface area contributed by atoms with E-state index in [9.17, 15) is 19.2 Å². The van der Waals surface area contributed by atoms with Crippen LogP contribution < -0.4 is 81.4 Å². The van der Waals surface area contributed by atoms with Crippen LogP contribution in [0, 0.1) is 10.8 Å². The van der Waals surface area contributed by atoms with E-state index in [0.717, 1.165) is 66.5 Å². The summed E-state index contributed by atoms with van der Waals surface area (Å²) in [5.74, 6) is -8.23. The summed E-state index contributed by atoms with van der Waals surface area (Å²) in [7, 11) is 0. The molecule has 35 heteroatoms. The van der Waals surface area contributed by atoms with Crippen molar-refractivity contribution in [3.8, 4) is 0 Å². The topological polar surface area (TPSA) is 557 Å². The monoisotopic (exact) mass is 1680 g/mol. The van der Waals surface area contributed by atoms with Gasteiger partial charge in [-0.15, -0.1) is 0 Å². The quantitative estimate of drug-likeness (QED) is 0.0149. The van der Waals surface area contributed by atoms with E-state index >= 15 is 33.6 Å². The van der Waals surface area contributed by atoms with E-state index in [0.29, 0.717) is 67.4 Å². The highest BCUT2D eigenvalue weighted by Crippen LogP contribution is 2.29. The Morgan fingerprint density at radius 2 is 0.675 bits per heavy atom. The van der Waals surface area contributed by atoms with Crippen molar-refractivity contribution in [1.29, 1.82) is 10.8 Å². The largest absolute Gasteiger partial charge is 0.370 e. The number of primary amides is 1. The summed E-state index contributed by atoms with van der Waals surface area (Å²) in [6.45, 7) is 1.35. The van der Waals surface area contributed by atoms with Gasteiger partial charge in [-0.3, -0.25) is 63.6 Å². The summed E-state index contributed by atoms with van der Waals surface area (Å²) in [5.41, 5.74) is 30.0. The fraction of sp³-hybridized carbons (Fsp3) is 0.398. The van der Waals surface area contributed by atoms with Crippen molar-refractivity contribution < 1.29 is 52.7 Å². The average molecular weight is 1680 g/mol. The Labute approximate surface area is 709 Å². The minimum absolute atomic E-state index is 0.0380. The third-order valence-electron chi connectivity index (χ3n) is 23.5. The number of carbonyl (C=O) groups is 11. The molecule has 10 aromatic rings. The summed E-state index contributed by atoms with van der Waals surface area (Å²) in [5, 5.41) is 51.1. The number of aromatic amines is 5. The molecule has 3 fully saturated rings. The van der Waals surface area contributed by atoms with Crippen LogP contribution in [-0.2, 0) is 84.8 Å². The number of amides is 11. The van der Waals surface area contributed by atoms with Crippen molar-refractivity contribution in [1.82, 2.24) is 93.2 Å². The molecule has 35 nitrogen and oxygen atoms in total. The van der Waals surface area contributed by atoms with Crippen LogP contribution in [0.4, 0.5) is 0 Å². The van der Waals surface area contributed by atoms with Crippen LogP contribution in [-0.4, -0.2) is 217 Å². The molecule has 5 aromatic carbocycles. The molecule has 26 N–H and O–H groups in total. The molecule has 3 aliphatic rings. The van der Waals surface area contributed by atoms with Crippen molar-refractivity contribution in [2.24, 2.45) is 22.9 Å². The SMILES string of the molecule is N=C(N)NCCC[C@H](NC(=O)[C@H](CCCNC(=N)N)NC(=O)[C@H](Cc1c[nH]c2ccccc12)NC(=O)[C@@H]1CCCN1C(=O)[C@H](Cc1c[nH]c2ccccc12)NC(=O)[C@H](Cc1c[nH]c2ccccc12)NC(=O)[C@@H]1CCCN1C(=O)[C@H](Cc1c[nH]c2ccccc12)NC(=O)[C@H](CCCCN)NC(=O)[C@H](Cc1c[nH]c2ccccc12)NC(=O)[C@@H]1CCCN1)C(N)=O. The fourth-order valence-electron chi connectivity index (χ4n) is 17.1. The molecular formula is C88H110N24O11. The number of para-hydroxylation sites is 5. The molecule has 11 atom stereocenters. The number of hydrogen-bond donors (Lipinski definition) is 22. The zero-order valence-corrected chi connectivity index (χ0v) is 68.4. The van der Waals surface area contributed by atoms with Gasteiger partial charge in [0, 0.05) is 144 Å². The Hall–Kier alpha value is -13.6. The Morgan fingerprint density at radius 3 is 1.01 bits per heavy atom. The van der Waals surface area contributed by atoms with Crippen molar-refractivity contribution >= 4 is 131 Å². The Balaban J connectivity index is 0.771. The molecule has 13 rings (SSSR count). The lowest BCUT2D eigenvalue weighted by Gasteiger charge is -2.32. The highest BCUT2D eigenvalue weighted by Gasteiger charge is 2.44. The number of nitrogens with zero attached hydrogens (tertiary/aromatic N) is 2. The molecule has 3 saturated heterocycles. The molecule has 8 heterocycles. The first-order valence-corrected chi connectivity index (χ1v) is 42.2. The van der Waals surface area contributed by atoms with Crippen LogP contribution in [0.1, 0.15) is 111 Å². The number of guanidine groups is 2. The maximum atomic E-state index is 16.0. The van der Waals surface area contributed by atoms with Crippen molar-refractivity contribution in [3.63, 3.8) is 0 Å². The van der Waals surface area contributed by atoms with E-state index < -0.39 is 126 Å². The van der Waals surface area contributed by atoms with Gasteiger partial charge < -0.3 is 116 Å². The number of nitrogens with two attached hydrogens (primary N) is 4.